The Morgan fingerprint density at radius 1 is 0.667 bits per heavy atom. The number of nitrogens with zero attached hydrogens (tertiary/aromatic N) is 1. The minimum absolute atomic E-state index is 0.00708. The predicted molar refractivity (Wildman–Crippen MR) is 179 cm³/mol. The summed E-state index contributed by atoms with van der Waals surface area (Å²) in [5, 5.41) is 0. The van der Waals surface area contributed by atoms with E-state index in [0.29, 0.717) is 24.1 Å². The Bertz CT molecular complexity index is 652. The van der Waals surface area contributed by atoms with Crippen LogP contribution < -0.4 is 4.89 Å². The van der Waals surface area contributed by atoms with Crippen LogP contribution in [0, 0.1) is 0 Å². The van der Waals surface area contributed by atoms with Crippen LogP contribution in [0.4, 0.5) is 0 Å². The molecule has 0 aromatic rings. The van der Waals surface area contributed by atoms with Crippen molar-refractivity contribution < 1.29 is 27.9 Å². The van der Waals surface area contributed by atoms with Gasteiger partial charge in [-0.1, -0.05) is 122 Å². The summed E-state index contributed by atoms with van der Waals surface area (Å²) in [6.45, 7) is 5.32. The van der Waals surface area contributed by atoms with Gasteiger partial charge in [-0.25, -0.2) is 0 Å². The minimum atomic E-state index is -4.01. The first-order valence-electron chi connectivity index (χ1n) is 17.7. The van der Waals surface area contributed by atoms with Crippen LogP contribution in [0.1, 0.15) is 155 Å². The monoisotopic (exact) mass is 618 g/mol. The van der Waals surface area contributed by atoms with Gasteiger partial charge in [0, 0.05) is 20.1 Å². The number of hydrogen-bond donors (Lipinski definition) is 0. The van der Waals surface area contributed by atoms with E-state index in [4.69, 9.17) is 14.0 Å². The fraction of sp³-hybridized carbons (Fsp3) is 0.943. The van der Waals surface area contributed by atoms with Gasteiger partial charge in [0.2, 0.25) is 0 Å². The van der Waals surface area contributed by atoms with E-state index in [1.807, 2.05) is 28.1 Å². The minimum Gasteiger partial charge on any atom is -0.774 e. The molecule has 0 aliphatic rings. The van der Waals surface area contributed by atoms with Gasteiger partial charge >= 0.3 is 0 Å². The standard InChI is InChI=1S/C35H72NO5P/c1-7-9-10-11-12-13-14-15-16-17-18-19-20-21-22-23-24-25-26-27-28-29-31-40-32-34(39-6)33-41-42(37,38)35(30-8-2)36(3,4)5/h18-19,34-35H,7-17,20-33H2,1-6H3/b19-18-/t34-,35?/m1/s1. The summed E-state index contributed by atoms with van der Waals surface area (Å²) < 4.78 is 29.7. The first-order valence-corrected chi connectivity index (χ1v) is 19.3. The molecule has 252 valence electrons. The first-order chi connectivity index (χ1) is 20.2. The van der Waals surface area contributed by atoms with Crippen LogP contribution in [-0.4, -0.2) is 64.4 Å². The lowest BCUT2D eigenvalue weighted by Crippen LogP contribution is -2.47. The lowest BCUT2D eigenvalue weighted by Gasteiger charge is -2.41. The van der Waals surface area contributed by atoms with Crippen molar-refractivity contribution in [3.63, 3.8) is 0 Å². The van der Waals surface area contributed by atoms with Crippen molar-refractivity contribution in [2.24, 2.45) is 0 Å². The van der Waals surface area contributed by atoms with Crippen molar-refractivity contribution in [3.05, 3.63) is 12.2 Å². The molecule has 0 radical (unpaired) electrons. The third-order valence-corrected chi connectivity index (χ3v) is 10.4. The summed E-state index contributed by atoms with van der Waals surface area (Å²) in [4.78, 5) is 12.8. The average molecular weight is 618 g/mol. The van der Waals surface area contributed by atoms with E-state index >= 15 is 0 Å². The Balaban J connectivity index is 3.58. The predicted octanol–water partition coefficient (Wildman–Crippen LogP) is 9.80. The van der Waals surface area contributed by atoms with Crippen molar-refractivity contribution in [3.8, 4) is 0 Å². The Hall–Kier alpha value is -0.230. The highest BCUT2D eigenvalue weighted by Gasteiger charge is 2.35. The van der Waals surface area contributed by atoms with Gasteiger partial charge < -0.3 is 27.9 Å². The van der Waals surface area contributed by atoms with Gasteiger partial charge in [0.05, 0.1) is 34.4 Å². The molecule has 0 N–H and O–H groups in total. The number of unbranched alkanes of at least 4 members (excludes halogenated alkanes) is 18. The highest BCUT2D eigenvalue weighted by molar-refractivity contribution is 7.51. The average Bonchev–Trinajstić information content (AvgIpc) is 2.94. The molecule has 6 nitrogen and oxygen atoms in total. The summed E-state index contributed by atoms with van der Waals surface area (Å²) in [5.74, 6) is -0.554. The van der Waals surface area contributed by atoms with E-state index in [-0.39, 0.29) is 12.7 Å². The van der Waals surface area contributed by atoms with Gasteiger partial charge in [-0.05, 0) is 38.5 Å². The van der Waals surface area contributed by atoms with E-state index < -0.39 is 13.4 Å². The third kappa shape index (κ3) is 25.1. The molecular weight excluding hydrogens is 545 g/mol. The third-order valence-electron chi connectivity index (χ3n) is 8.18. The van der Waals surface area contributed by atoms with Crippen LogP contribution in [0.3, 0.4) is 0 Å². The summed E-state index contributed by atoms with van der Waals surface area (Å²) in [6.07, 6.45) is 32.5. The molecule has 0 aromatic heterocycles. The molecule has 0 aliphatic carbocycles. The number of allylic oxidation sites excluding steroid dienone is 2. The number of methoxy groups -OCH3 is 1. The second-order valence-electron chi connectivity index (χ2n) is 13.2. The van der Waals surface area contributed by atoms with Crippen molar-refractivity contribution in [1.82, 2.24) is 0 Å². The van der Waals surface area contributed by atoms with Gasteiger partial charge in [0.15, 0.2) is 13.4 Å². The maximum atomic E-state index is 12.8. The number of hydrogen-bond acceptors (Lipinski definition) is 5. The molecule has 0 saturated carbocycles. The summed E-state index contributed by atoms with van der Waals surface area (Å²) in [6, 6.07) is 0. The largest absolute Gasteiger partial charge is 0.774 e. The molecule has 2 unspecified atom stereocenters. The number of ether oxygens (including phenoxy) is 2. The van der Waals surface area contributed by atoms with E-state index in [1.165, 1.54) is 122 Å². The normalized spacial score (nSPS) is 15.3. The smallest absolute Gasteiger partial charge is 0.193 e. The van der Waals surface area contributed by atoms with Gasteiger partial charge in [-0.15, -0.1) is 0 Å². The molecule has 7 heteroatoms. The maximum Gasteiger partial charge on any atom is 0.193 e. The van der Waals surface area contributed by atoms with Crippen LogP contribution in [0.25, 0.3) is 0 Å². The molecule has 0 aromatic carbocycles. The molecular formula is C35H72NO5P. The molecule has 0 amide bonds. The maximum absolute atomic E-state index is 12.8. The zero-order chi connectivity index (χ0) is 31.4. The molecule has 0 spiro atoms. The van der Waals surface area contributed by atoms with Crippen molar-refractivity contribution in [2.45, 2.75) is 167 Å². The first kappa shape index (κ1) is 41.8. The van der Waals surface area contributed by atoms with Crippen LogP contribution in [0.5, 0.6) is 0 Å². The van der Waals surface area contributed by atoms with E-state index in [0.717, 1.165) is 12.8 Å². The summed E-state index contributed by atoms with van der Waals surface area (Å²) in [5.41, 5.74) is 0. The topological polar surface area (TPSA) is 67.8 Å². The summed E-state index contributed by atoms with van der Waals surface area (Å²) >= 11 is 0. The van der Waals surface area contributed by atoms with Gasteiger partial charge in [0.25, 0.3) is 0 Å². The molecule has 3 atom stereocenters. The SMILES string of the molecule is CCCCCCCCCCC/C=C\CCCCCCCCCCCOC[C@H](COP(=O)([O-])C(CCC)[N+](C)(C)C)OC. The van der Waals surface area contributed by atoms with Crippen LogP contribution in [0.15, 0.2) is 12.2 Å². The van der Waals surface area contributed by atoms with Crippen LogP contribution in [-0.2, 0) is 18.6 Å². The fourth-order valence-electron chi connectivity index (χ4n) is 5.41. The Morgan fingerprint density at radius 3 is 1.55 bits per heavy atom. The van der Waals surface area contributed by atoms with Gasteiger partial charge in [-0.2, -0.15) is 0 Å². The molecule has 0 bridgehead atoms. The second-order valence-corrected chi connectivity index (χ2v) is 15.1. The molecule has 0 rings (SSSR count). The van der Waals surface area contributed by atoms with Crippen LogP contribution >= 0.6 is 7.60 Å². The van der Waals surface area contributed by atoms with E-state index in [9.17, 15) is 9.46 Å². The van der Waals surface area contributed by atoms with Gasteiger partial charge in [-0.3, -0.25) is 0 Å². The lowest BCUT2D eigenvalue weighted by molar-refractivity contribution is -0.884. The Morgan fingerprint density at radius 2 is 1.12 bits per heavy atom. The Kier molecular flexibility index (Phi) is 28.1. The zero-order valence-electron chi connectivity index (χ0n) is 28.9. The summed E-state index contributed by atoms with van der Waals surface area (Å²) in [7, 11) is 3.25. The van der Waals surface area contributed by atoms with E-state index in [2.05, 4.69) is 19.1 Å². The van der Waals surface area contributed by atoms with Crippen molar-refractivity contribution in [2.75, 3.05) is 48.1 Å². The quantitative estimate of drug-likeness (QED) is 0.0325. The van der Waals surface area contributed by atoms with Crippen molar-refractivity contribution >= 4 is 7.60 Å². The number of quaternary nitrogens is 1. The van der Waals surface area contributed by atoms with Gasteiger partial charge in [0.1, 0.15) is 6.10 Å². The highest BCUT2D eigenvalue weighted by Crippen LogP contribution is 2.48. The highest BCUT2D eigenvalue weighted by atomic mass is 31.2. The molecule has 0 fully saturated rings. The van der Waals surface area contributed by atoms with E-state index in [1.54, 1.807) is 7.11 Å². The molecule has 42 heavy (non-hydrogen) atoms. The molecule has 0 aliphatic heterocycles. The zero-order valence-corrected chi connectivity index (χ0v) is 29.8. The molecule has 0 saturated heterocycles. The number of rotatable bonds is 32. The molecule has 0 heterocycles. The van der Waals surface area contributed by atoms with Crippen LogP contribution in [0.2, 0.25) is 0 Å². The fourth-order valence-corrected chi connectivity index (χ4v) is 7.38. The lowest BCUT2D eigenvalue weighted by atomic mass is 10.1. The second kappa shape index (κ2) is 28.3. The Labute approximate surface area is 262 Å². The van der Waals surface area contributed by atoms with Crippen molar-refractivity contribution in [1.29, 1.82) is 0 Å².